The van der Waals surface area contributed by atoms with Crippen LogP contribution in [0.1, 0.15) is 34.1 Å². The average Bonchev–Trinajstić information content (AvgIpc) is 2.01. The number of thioether (sulfide) groups is 1. The molecule has 0 saturated heterocycles. The highest BCUT2D eigenvalue weighted by Gasteiger charge is 2.23. The van der Waals surface area contributed by atoms with Crippen LogP contribution in [0.3, 0.4) is 0 Å². The Balaban J connectivity index is 2.69. The van der Waals surface area contributed by atoms with Gasteiger partial charge in [-0.15, -0.1) is 11.8 Å². The summed E-state index contributed by atoms with van der Waals surface area (Å²) in [6.45, 7) is 8.90. The van der Waals surface area contributed by atoms with E-state index in [0.717, 1.165) is 0 Å². The van der Waals surface area contributed by atoms with Gasteiger partial charge in [-0.2, -0.15) is 0 Å². The average molecular weight is 183 g/mol. The summed E-state index contributed by atoms with van der Waals surface area (Å²) < 4.78 is 0.237. The van der Waals surface area contributed by atoms with Gasteiger partial charge in [-0.1, -0.05) is 19.9 Å². The molecule has 1 aliphatic rings. The first-order valence-corrected chi connectivity index (χ1v) is 5.31. The highest BCUT2D eigenvalue weighted by Crippen LogP contribution is 2.33. The Labute approximate surface area is 79.3 Å². The Morgan fingerprint density at radius 1 is 1.58 bits per heavy atom. The zero-order valence-electron chi connectivity index (χ0n) is 8.29. The van der Waals surface area contributed by atoms with Crippen LogP contribution < -0.4 is 0 Å². The van der Waals surface area contributed by atoms with Crippen molar-refractivity contribution in [2.45, 2.75) is 38.9 Å². The number of aliphatic imine (C=N–C) groups is 1. The van der Waals surface area contributed by atoms with Crippen LogP contribution in [0.4, 0.5) is 0 Å². The second-order valence-electron chi connectivity index (χ2n) is 3.80. The van der Waals surface area contributed by atoms with Crippen molar-refractivity contribution < 1.29 is 0 Å². The Kier molecular flexibility index (Phi) is 2.99. The first-order valence-electron chi connectivity index (χ1n) is 4.49. The molecule has 68 valence electrons. The summed E-state index contributed by atoms with van der Waals surface area (Å²) >= 11 is 1.88. The molecule has 0 saturated carbocycles. The van der Waals surface area contributed by atoms with Crippen molar-refractivity contribution in [3.63, 3.8) is 0 Å². The fourth-order valence-corrected chi connectivity index (χ4v) is 2.17. The zero-order valence-corrected chi connectivity index (χ0v) is 9.11. The fraction of sp³-hybridized carbons (Fsp3) is 0.700. The van der Waals surface area contributed by atoms with Gasteiger partial charge in [-0.05, 0) is 20.3 Å². The molecule has 0 N–H and O–H groups in total. The summed E-state index contributed by atoms with van der Waals surface area (Å²) in [4.78, 5) is 4.39. The van der Waals surface area contributed by atoms with E-state index in [1.54, 1.807) is 0 Å². The van der Waals surface area contributed by atoms with Gasteiger partial charge in [0.1, 0.15) is 0 Å². The van der Waals surface area contributed by atoms with Gasteiger partial charge in [0.05, 0.1) is 5.04 Å². The SMILES string of the molecule is CCC(C)C1=NC=CC(C)(C)S1. The van der Waals surface area contributed by atoms with Gasteiger partial charge >= 0.3 is 0 Å². The van der Waals surface area contributed by atoms with Crippen molar-refractivity contribution in [3.05, 3.63) is 12.3 Å². The molecule has 0 aromatic rings. The van der Waals surface area contributed by atoms with Gasteiger partial charge in [0.15, 0.2) is 0 Å². The van der Waals surface area contributed by atoms with Crippen LogP contribution >= 0.6 is 11.8 Å². The Morgan fingerprint density at radius 3 is 2.75 bits per heavy atom. The van der Waals surface area contributed by atoms with Gasteiger partial charge in [0.2, 0.25) is 0 Å². The Hall–Kier alpha value is -0.240. The minimum absolute atomic E-state index is 0.237. The molecule has 1 aliphatic heterocycles. The first-order chi connectivity index (χ1) is 5.55. The largest absolute Gasteiger partial charge is 0.254 e. The van der Waals surface area contributed by atoms with Crippen LogP contribution in [0, 0.1) is 5.92 Å². The molecule has 0 fully saturated rings. The van der Waals surface area contributed by atoms with Gasteiger partial charge in [-0.25, -0.2) is 0 Å². The van der Waals surface area contributed by atoms with E-state index < -0.39 is 0 Å². The molecule has 0 radical (unpaired) electrons. The van der Waals surface area contributed by atoms with Crippen LogP contribution in [0.5, 0.6) is 0 Å². The quantitative estimate of drug-likeness (QED) is 0.638. The Bertz CT molecular complexity index is 216. The molecule has 1 atom stereocenters. The van der Waals surface area contributed by atoms with E-state index in [1.165, 1.54) is 11.5 Å². The summed E-state index contributed by atoms with van der Waals surface area (Å²) in [5, 5.41) is 1.28. The molecular weight excluding hydrogens is 166 g/mol. The minimum atomic E-state index is 0.237. The minimum Gasteiger partial charge on any atom is -0.254 e. The van der Waals surface area contributed by atoms with Crippen molar-refractivity contribution in [3.8, 4) is 0 Å². The summed E-state index contributed by atoms with van der Waals surface area (Å²) in [5.74, 6) is 0.610. The van der Waals surface area contributed by atoms with Gasteiger partial charge in [0.25, 0.3) is 0 Å². The maximum Gasteiger partial charge on any atom is 0.0767 e. The third-order valence-corrected chi connectivity index (χ3v) is 3.46. The summed E-state index contributed by atoms with van der Waals surface area (Å²) in [6.07, 6.45) is 5.28. The standard InChI is InChI=1S/C10H17NS/c1-5-8(2)9-11-7-6-10(3,4)12-9/h6-8H,5H2,1-4H3. The van der Waals surface area contributed by atoms with E-state index in [1.807, 2.05) is 18.0 Å². The monoisotopic (exact) mass is 183 g/mol. The number of hydrogen-bond donors (Lipinski definition) is 0. The topological polar surface area (TPSA) is 12.4 Å². The van der Waals surface area contributed by atoms with Gasteiger partial charge in [0, 0.05) is 16.9 Å². The van der Waals surface area contributed by atoms with Crippen molar-refractivity contribution in [2.75, 3.05) is 0 Å². The van der Waals surface area contributed by atoms with E-state index in [0.29, 0.717) is 5.92 Å². The fourth-order valence-electron chi connectivity index (χ4n) is 1.02. The molecule has 0 aromatic heterocycles. The van der Waals surface area contributed by atoms with E-state index in [9.17, 15) is 0 Å². The van der Waals surface area contributed by atoms with Crippen LogP contribution in [-0.4, -0.2) is 9.79 Å². The zero-order chi connectivity index (χ0) is 9.19. The molecule has 2 heteroatoms. The molecule has 1 rings (SSSR count). The smallest absolute Gasteiger partial charge is 0.0767 e. The lowest BCUT2D eigenvalue weighted by Gasteiger charge is -2.25. The lowest BCUT2D eigenvalue weighted by Crippen LogP contribution is -2.20. The highest BCUT2D eigenvalue weighted by molar-refractivity contribution is 8.15. The molecule has 1 heterocycles. The Morgan fingerprint density at radius 2 is 2.25 bits per heavy atom. The summed E-state index contributed by atoms with van der Waals surface area (Å²) in [5.41, 5.74) is 0. The molecule has 0 amide bonds. The predicted molar refractivity (Wildman–Crippen MR) is 57.7 cm³/mol. The molecule has 0 bridgehead atoms. The normalized spacial score (nSPS) is 23.5. The summed E-state index contributed by atoms with van der Waals surface area (Å²) in [7, 11) is 0. The predicted octanol–water partition coefficient (Wildman–Crippen LogP) is 3.47. The van der Waals surface area contributed by atoms with Crippen molar-refractivity contribution in [2.24, 2.45) is 10.9 Å². The highest BCUT2D eigenvalue weighted by atomic mass is 32.2. The van der Waals surface area contributed by atoms with Crippen molar-refractivity contribution >= 4 is 16.8 Å². The lowest BCUT2D eigenvalue weighted by atomic mass is 10.1. The van der Waals surface area contributed by atoms with Gasteiger partial charge in [-0.3, -0.25) is 4.99 Å². The number of rotatable bonds is 2. The van der Waals surface area contributed by atoms with Crippen molar-refractivity contribution in [1.82, 2.24) is 0 Å². The third kappa shape index (κ3) is 2.37. The van der Waals surface area contributed by atoms with Crippen LogP contribution in [-0.2, 0) is 0 Å². The molecule has 0 aliphatic carbocycles. The van der Waals surface area contributed by atoms with E-state index in [2.05, 4.69) is 38.8 Å². The van der Waals surface area contributed by atoms with Crippen LogP contribution in [0.25, 0.3) is 0 Å². The maximum absolute atomic E-state index is 4.39. The number of nitrogens with zero attached hydrogens (tertiary/aromatic N) is 1. The van der Waals surface area contributed by atoms with Crippen LogP contribution in [0.2, 0.25) is 0 Å². The molecule has 0 aromatic carbocycles. The molecule has 1 unspecified atom stereocenters. The van der Waals surface area contributed by atoms with E-state index >= 15 is 0 Å². The van der Waals surface area contributed by atoms with Crippen LogP contribution in [0.15, 0.2) is 17.3 Å². The second kappa shape index (κ2) is 3.65. The number of hydrogen-bond acceptors (Lipinski definition) is 2. The maximum atomic E-state index is 4.39. The third-order valence-electron chi connectivity index (χ3n) is 2.08. The molecule has 0 spiro atoms. The molecular formula is C10H17NS. The van der Waals surface area contributed by atoms with E-state index in [-0.39, 0.29) is 4.75 Å². The molecule has 1 nitrogen and oxygen atoms in total. The van der Waals surface area contributed by atoms with E-state index in [4.69, 9.17) is 0 Å². The van der Waals surface area contributed by atoms with Gasteiger partial charge < -0.3 is 0 Å². The molecule has 12 heavy (non-hydrogen) atoms. The lowest BCUT2D eigenvalue weighted by molar-refractivity contribution is 0.746. The second-order valence-corrected chi connectivity index (χ2v) is 5.47. The summed E-state index contributed by atoms with van der Waals surface area (Å²) in [6, 6.07) is 0. The van der Waals surface area contributed by atoms with Crippen molar-refractivity contribution in [1.29, 1.82) is 0 Å². The first kappa shape index (κ1) is 9.85.